The first-order valence-corrected chi connectivity index (χ1v) is 7.65. The summed E-state index contributed by atoms with van der Waals surface area (Å²) < 4.78 is 0. The molecule has 0 N–H and O–H groups in total. The van der Waals surface area contributed by atoms with Crippen molar-refractivity contribution >= 4 is 28.0 Å². The Morgan fingerprint density at radius 1 is 0.955 bits per heavy atom. The highest BCUT2D eigenvalue weighted by atomic mass is 16.1. The molecule has 2 aromatic rings. The molecule has 0 aliphatic heterocycles. The zero-order valence-corrected chi connectivity index (χ0v) is 13.7. The summed E-state index contributed by atoms with van der Waals surface area (Å²) >= 11 is 0. The molecule has 2 rings (SSSR count). The number of benzene rings is 2. The minimum atomic E-state index is -0.00569. The maximum atomic E-state index is 12.2. The molecule has 0 unspecified atom stereocenters. The van der Waals surface area contributed by atoms with Crippen molar-refractivity contribution in [2.75, 3.05) is 19.0 Å². The molecule has 22 heavy (non-hydrogen) atoms. The monoisotopic (exact) mass is 297 g/mol. The van der Waals surface area contributed by atoms with Crippen molar-refractivity contribution in [3.05, 3.63) is 42.0 Å². The van der Waals surface area contributed by atoms with Gasteiger partial charge in [0.05, 0.1) is 0 Å². The summed E-state index contributed by atoms with van der Waals surface area (Å²) in [4.78, 5) is 25.9. The van der Waals surface area contributed by atoms with Gasteiger partial charge < -0.3 is 4.90 Å². The third-order valence-corrected chi connectivity index (χ3v) is 3.90. The first-order chi connectivity index (χ1) is 10.4. The number of nitrogens with zero attached hydrogens (tertiary/aromatic N) is 1. The molecule has 3 heteroatoms. The number of Topliss-reactive ketones (excluding diaryl/α,β-unsaturated/α-hetero) is 2. The lowest BCUT2D eigenvalue weighted by molar-refractivity contribution is -0.121. The van der Waals surface area contributed by atoms with Gasteiger partial charge in [-0.1, -0.05) is 32.0 Å². The van der Waals surface area contributed by atoms with Crippen LogP contribution in [0.2, 0.25) is 0 Å². The van der Waals surface area contributed by atoms with Gasteiger partial charge in [0.2, 0.25) is 0 Å². The lowest BCUT2D eigenvalue weighted by atomic mass is 9.98. The van der Waals surface area contributed by atoms with Gasteiger partial charge >= 0.3 is 0 Å². The van der Waals surface area contributed by atoms with E-state index in [0.29, 0.717) is 12.0 Å². The first kappa shape index (κ1) is 16.2. The fourth-order valence-electron chi connectivity index (χ4n) is 2.35. The molecular weight excluding hydrogens is 274 g/mol. The SMILES string of the molecule is CC(C)C(=O)CCC(=O)c1ccc2cc(N(C)C)ccc2c1. The minimum absolute atomic E-state index is 0.00569. The average Bonchev–Trinajstić information content (AvgIpc) is 2.50. The van der Waals surface area contributed by atoms with E-state index in [1.165, 1.54) is 0 Å². The summed E-state index contributed by atoms with van der Waals surface area (Å²) in [5.74, 6) is 0.172. The number of hydrogen-bond acceptors (Lipinski definition) is 3. The number of carbonyl (C=O) groups excluding carboxylic acids is 2. The molecule has 0 aromatic heterocycles. The predicted octanol–water partition coefficient (Wildman–Crippen LogP) is 4.09. The molecule has 0 heterocycles. The van der Waals surface area contributed by atoms with Crippen molar-refractivity contribution in [2.45, 2.75) is 26.7 Å². The average molecular weight is 297 g/mol. The predicted molar refractivity (Wildman–Crippen MR) is 91.7 cm³/mol. The van der Waals surface area contributed by atoms with E-state index < -0.39 is 0 Å². The molecule has 3 nitrogen and oxygen atoms in total. The van der Waals surface area contributed by atoms with Crippen LogP contribution in [0.15, 0.2) is 36.4 Å². The fourth-order valence-corrected chi connectivity index (χ4v) is 2.35. The third kappa shape index (κ3) is 3.73. The van der Waals surface area contributed by atoms with Gasteiger partial charge in [0, 0.05) is 44.1 Å². The van der Waals surface area contributed by atoms with Crippen molar-refractivity contribution in [3.63, 3.8) is 0 Å². The van der Waals surface area contributed by atoms with E-state index in [1.54, 1.807) is 0 Å². The Morgan fingerprint density at radius 2 is 1.59 bits per heavy atom. The van der Waals surface area contributed by atoms with Crippen LogP contribution in [0.5, 0.6) is 0 Å². The van der Waals surface area contributed by atoms with Gasteiger partial charge in [-0.2, -0.15) is 0 Å². The second kappa shape index (κ2) is 6.73. The van der Waals surface area contributed by atoms with E-state index in [2.05, 4.69) is 11.0 Å². The zero-order valence-electron chi connectivity index (χ0n) is 13.7. The van der Waals surface area contributed by atoms with Gasteiger partial charge in [-0.3, -0.25) is 9.59 Å². The Kier molecular flexibility index (Phi) is 4.96. The van der Waals surface area contributed by atoms with E-state index in [1.807, 2.05) is 58.3 Å². The number of anilines is 1. The van der Waals surface area contributed by atoms with Gasteiger partial charge in [-0.05, 0) is 29.0 Å². The molecule has 0 radical (unpaired) electrons. The summed E-state index contributed by atoms with van der Waals surface area (Å²) in [7, 11) is 4.01. The summed E-state index contributed by atoms with van der Waals surface area (Å²) in [6.07, 6.45) is 0.617. The lowest BCUT2D eigenvalue weighted by Crippen LogP contribution is -2.10. The van der Waals surface area contributed by atoms with E-state index in [-0.39, 0.29) is 23.9 Å². The molecule has 0 bridgehead atoms. The Labute approximate surface area is 131 Å². The molecule has 2 aromatic carbocycles. The number of fused-ring (bicyclic) bond motifs is 1. The first-order valence-electron chi connectivity index (χ1n) is 7.65. The Balaban J connectivity index is 2.17. The molecule has 0 spiro atoms. The molecule has 0 fully saturated rings. The van der Waals surface area contributed by atoms with E-state index >= 15 is 0 Å². The second-order valence-corrected chi connectivity index (χ2v) is 6.18. The van der Waals surface area contributed by atoms with Crippen molar-refractivity contribution in [3.8, 4) is 0 Å². The standard InChI is InChI=1S/C19H23NO2/c1-13(2)18(21)9-10-19(22)16-6-5-15-12-17(20(3)4)8-7-14(15)11-16/h5-8,11-13H,9-10H2,1-4H3. The highest BCUT2D eigenvalue weighted by Crippen LogP contribution is 2.23. The number of rotatable bonds is 6. The molecular formula is C19H23NO2. The minimum Gasteiger partial charge on any atom is -0.378 e. The summed E-state index contributed by atoms with van der Waals surface area (Å²) in [5, 5.41) is 2.16. The van der Waals surface area contributed by atoms with Crippen LogP contribution in [-0.2, 0) is 4.79 Å². The quantitative estimate of drug-likeness (QED) is 0.753. The number of carbonyl (C=O) groups is 2. The summed E-state index contributed by atoms with van der Waals surface area (Å²) in [6.45, 7) is 3.73. The molecule has 0 saturated carbocycles. The van der Waals surface area contributed by atoms with E-state index in [9.17, 15) is 9.59 Å². The van der Waals surface area contributed by atoms with Gasteiger partial charge in [-0.25, -0.2) is 0 Å². The maximum Gasteiger partial charge on any atom is 0.163 e. The van der Waals surface area contributed by atoms with Gasteiger partial charge in [0.25, 0.3) is 0 Å². The van der Waals surface area contributed by atoms with Crippen molar-refractivity contribution in [2.24, 2.45) is 5.92 Å². The lowest BCUT2D eigenvalue weighted by Gasteiger charge is -2.13. The van der Waals surface area contributed by atoms with Crippen LogP contribution in [0.3, 0.4) is 0 Å². The van der Waals surface area contributed by atoms with Crippen LogP contribution in [-0.4, -0.2) is 25.7 Å². The topological polar surface area (TPSA) is 37.4 Å². The fraction of sp³-hybridized carbons (Fsp3) is 0.368. The van der Waals surface area contributed by atoms with Crippen LogP contribution >= 0.6 is 0 Å². The van der Waals surface area contributed by atoms with Crippen molar-refractivity contribution in [1.29, 1.82) is 0 Å². The van der Waals surface area contributed by atoms with Crippen molar-refractivity contribution < 1.29 is 9.59 Å². The van der Waals surface area contributed by atoms with Crippen LogP contribution < -0.4 is 4.90 Å². The Hall–Kier alpha value is -2.16. The molecule has 116 valence electrons. The Morgan fingerprint density at radius 3 is 2.23 bits per heavy atom. The molecule has 0 amide bonds. The zero-order chi connectivity index (χ0) is 16.3. The maximum absolute atomic E-state index is 12.2. The van der Waals surface area contributed by atoms with E-state index in [0.717, 1.165) is 16.5 Å². The van der Waals surface area contributed by atoms with Gasteiger partial charge in [0.1, 0.15) is 5.78 Å². The largest absolute Gasteiger partial charge is 0.378 e. The molecule has 0 aliphatic rings. The number of hydrogen-bond donors (Lipinski definition) is 0. The van der Waals surface area contributed by atoms with E-state index in [4.69, 9.17) is 0 Å². The molecule has 0 atom stereocenters. The van der Waals surface area contributed by atoms with Crippen molar-refractivity contribution in [1.82, 2.24) is 0 Å². The summed E-state index contributed by atoms with van der Waals surface area (Å²) in [5.41, 5.74) is 1.82. The smallest absolute Gasteiger partial charge is 0.163 e. The van der Waals surface area contributed by atoms with Crippen LogP contribution in [0.4, 0.5) is 5.69 Å². The third-order valence-electron chi connectivity index (χ3n) is 3.90. The van der Waals surface area contributed by atoms with Gasteiger partial charge in [-0.15, -0.1) is 0 Å². The second-order valence-electron chi connectivity index (χ2n) is 6.18. The normalized spacial score (nSPS) is 11.0. The Bertz CT molecular complexity index is 702. The van der Waals surface area contributed by atoms with Gasteiger partial charge in [0.15, 0.2) is 5.78 Å². The summed E-state index contributed by atoms with van der Waals surface area (Å²) in [6, 6.07) is 11.9. The molecule has 0 aliphatic carbocycles. The molecule has 0 saturated heterocycles. The number of ketones is 2. The van der Waals surface area contributed by atoms with Crippen LogP contribution in [0.25, 0.3) is 10.8 Å². The highest BCUT2D eigenvalue weighted by Gasteiger charge is 2.12. The highest BCUT2D eigenvalue weighted by molar-refractivity contribution is 6.01. The van der Waals surface area contributed by atoms with Crippen LogP contribution in [0, 0.1) is 5.92 Å². The van der Waals surface area contributed by atoms with Crippen LogP contribution in [0.1, 0.15) is 37.0 Å².